The van der Waals surface area contributed by atoms with Crippen LogP contribution in [0.3, 0.4) is 0 Å². The van der Waals surface area contributed by atoms with E-state index in [9.17, 15) is 24.0 Å². The Morgan fingerprint density at radius 2 is 1.69 bits per heavy atom. The number of ether oxygens (including phenoxy) is 4. The fourth-order valence-electron chi connectivity index (χ4n) is 2.65. The smallest absolute Gasteiger partial charge is 0.368 e. The van der Waals surface area contributed by atoms with Gasteiger partial charge < -0.3 is 24.3 Å². The van der Waals surface area contributed by atoms with Crippen molar-refractivity contribution in [3.8, 4) is 0 Å². The van der Waals surface area contributed by atoms with Crippen LogP contribution in [0.2, 0.25) is 0 Å². The molecule has 13 heteroatoms. The van der Waals surface area contributed by atoms with Gasteiger partial charge in [0.05, 0.1) is 6.20 Å². The average Bonchev–Trinajstić information content (AvgIpc) is 2.89. The summed E-state index contributed by atoms with van der Waals surface area (Å²) >= 11 is 0. The zero-order chi connectivity index (χ0) is 21.7. The van der Waals surface area contributed by atoms with Gasteiger partial charge in [0.15, 0.2) is 24.3 Å². The number of anilines is 1. The fourth-order valence-corrected chi connectivity index (χ4v) is 2.65. The Morgan fingerprint density at radius 3 is 2.21 bits per heavy atom. The second kappa shape index (κ2) is 9.23. The van der Waals surface area contributed by atoms with Crippen LogP contribution < -0.4 is 11.0 Å². The molecular weight excluding hydrogens is 392 g/mol. The summed E-state index contributed by atoms with van der Waals surface area (Å²) in [6.45, 7) is 4.33. The first-order chi connectivity index (χ1) is 13.6. The molecule has 1 amide bonds. The maximum absolute atomic E-state index is 12.4. The highest BCUT2D eigenvalue weighted by atomic mass is 16.7. The molecule has 0 radical (unpaired) electrons. The number of esters is 3. The Labute approximate surface area is 164 Å². The minimum absolute atomic E-state index is 0.0891. The van der Waals surface area contributed by atoms with Crippen molar-refractivity contribution >= 4 is 29.6 Å². The van der Waals surface area contributed by atoms with Gasteiger partial charge >= 0.3 is 23.6 Å². The van der Waals surface area contributed by atoms with Crippen LogP contribution >= 0.6 is 0 Å². The standard InChI is InChI=1S/C16H20N4O9/c1-7(21)18-12-5-17-20(16(25)19-12)15-14(28-10(4)24)13(27-9(3)23)11(29-15)6-26-8(2)22/h5,11,13-15H,6H2,1-4H3,(H,18,19,21,25)/t11-,13-,14-,15+/m1/s1. The molecule has 13 nitrogen and oxygen atoms in total. The molecule has 0 aliphatic carbocycles. The predicted molar refractivity (Wildman–Crippen MR) is 92.2 cm³/mol. The van der Waals surface area contributed by atoms with E-state index in [4.69, 9.17) is 18.9 Å². The van der Waals surface area contributed by atoms with Crippen LogP contribution in [-0.2, 0) is 38.1 Å². The molecule has 0 saturated carbocycles. The molecule has 0 unspecified atom stereocenters. The molecule has 0 bridgehead atoms. The quantitative estimate of drug-likeness (QED) is 0.446. The van der Waals surface area contributed by atoms with Crippen LogP contribution in [0.15, 0.2) is 11.0 Å². The topological polar surface area (TPSA) is 165 Å². The highest BCUT2D eigenvalue weighted by Gasteiger charge is 2.51. The average molecular weight is 412 g/mol. The van der Waals surface area contributed by atoms with E-state index in [1.165, 1.54) is 13.8 Å². The Hall–Kier alpha value is -3.35. The lowest BCUT2D eigenvalue weighted by molar-refractivity contribution is -0.166. The van der Waals surface area contributed by atoms with Crippen LogP contribution in [0.1, 0.15) is 33.9 Å². The molecule has 4 atom stereocenters. The number of nitrogens with one attached hydrogen (secondary N) is 1. The number of hydrogen-bond donors (Lipinski definition) is 1. The lowest BCUT2D eigenvalue weighted by Gasteiger charge is -2.23. The highest BCUT2D eigenvalue weighted by molar-refractivity contribution is 5.87. The van der Waals surface area contributed by atoms with Gasteiger partial charge in [-0.1, -0.05) is 0 Å². The zero-order valence-corrected chi connectivity index (χ0v) is 16.1. The third kappa shape index (κ3) is 5.81. The van der Waals surface area contributed by atoms with Crippen molar-refractivity contribution in [3.63, 3.8) is 0 Å². The van der Waals surface area contributed by atoms with E-state index >= 15 is 0 Å². The fraction of sp³-hybridized carbons (Fsp3) is 0.562. The minimum atomic E-state index is -1.32. The summed E-state index contributed by atoms with van der Waals surface area (Å²) in [5.41, 5.74) is -0.923. The monoisotopic (exact) mass is 412 g/mol. The van der Waals surface area contributed by atoms with Gasteiger partial charge in [0.25, 0.3) is 0 Å². The normalized spacial score (nSPS) is 23.2. The number of aromatic nitrogens is 3. The van der Waals surface area contributed by atoms with Gasteiger partial charge in [-0.3, -0.25) is 19.2 Å². The van der Waals surface area contributed by atoms with E-state index in [-0.39, 0.29) is 12.4 Å². The number of nitrogens with zero attached hydrogens (tertiary/aromatic N) is 3. The summed E-state index contributed by atoms with van der Waals surface area (Å²) in [5, 5.41) is 6.18. The Morgan fingerprint density at radius 1 is 1.07 bits per heavy atom. The van der Waals surface area contributed by atoms with E-state index in [0.717, 1.165) is 24.7 Å². The summed E-state index contributed by atoms with van der Waals surface area (Å²) < 4.78 is 21.7. The molecule has 1 aromatic rings. The van der Waals surface area contributed by atoms with Crippen LogP contribution in [0, 0.1) is 0 Å². The number of amides is 1. The van der Waals surface area contributed by atoms with Crippen molar-refractivity contribution in [1.29, 1.82) is 0 Å². The molecule has 1 aliphatic heterocycles. The molecular formula is C16H20N4O9. The molecule has 1 aromatic heterocycles. The van der Waals surface area contributed by atoms with Crippen LogP contribution in [0.25, 0.3) is 0 Å². The Kier molecular flexibility index (Phi) is 6.98. The summed E-state index contributed by atoms with van der Waals surface area (Å²) in [6, 6.07) is 0. The van der Waals surface area contributed by atoms with Crippen molar-refractivity contribution in [2.75, 3.05) is 11.9 Å². The zero-order valence-electron chi connectivity index (χ0n) is 16.1. The van der Waals surface area contributed by atoms with Crippen LogP contribution in [0.5, 0.6) is 0 Å². The number of carbonyl (C=O) groups is 4. The first kappa shape index (κ1) is 21.9. The number of hydrogen-bond acceptors (Lipinski definition) is 11. The van der Waals surface area contributed by atoms with Crippen LogP contribution in [-0.4, -0.2) is 63.5 Å². The van der Waals surface area contributed by atoms with Crippen molar-refractivity contribution in [2.45, 2.75) is 52.2 Å². The number of rotatable bonds is 6. The maximum Gasteiger partial charge on any atom is 0.368 e. The van der Waals surface area contributed by atoms with Crippen LogP contribution in [0.4, 0.5) is 5.82 Å². The molecule has 1 aliphatic rings. The molecule has 0 aromatic carbocycles. The second-order valence-electron chi connectivity index (χ2n) is 6.07. The van der Waals surface area contributed by atoms with Gasteiger partial charge in [0, 0.05) is 27.7 Å². The van der Waals surface area contributed by atoms with Crippen molar-refractivity contribution < 1.29 is 38.1 Å². The van der Waals surface area contributed by atoms with E-state index in [2.05, 4.69) is 15.4 Å². The van der Waals surface area contributed by atoms with Gasteiger partial charge in [-0.25, -0.2) is 4.79 Å². The lowest BCUT2D eigenvalue weighted by Crippen LogP contribution is -2.42. The van der Waals surface area contributed by atoms with E-state index in [1.54, 1.807) is 0 Å². The summed E-state index contributed by atoms with van der Waals surface area (Å²) in [4.78, 5) is 61.3. The second-order valence-corrected chi connectivity index (χ2v) is 6.07. The Bertz CT molecular complexity index is 868. The summed E-state index contributed by atoms with van der Waals surface area (Å²) in [6.07, 6.45) is -3.71. The molecule has 1 fully saturated rings. The maximum atomic E-state index is 12.4. The first-order valence-corrected chi connectivity index (χ1v) is 8.45. The highest BCUT2D eigenvalue weighted by Crippen LogP contribution is 2.33. The van der Waals surface area contributed by atoms with E-state index in [1.807, 2.05) is 0 Å². The summed E-state index contributed by atoms with van der Waals surface area (Å²) in [5.74, 6) is -2.59. The molecule has 1 N–H and O–H groups in total. The van der Waals surface area contributed by atoms with Crippen molar-refractivity contribution in [3.05, 3.63) is 16.7 Å². The van der Waals surface area contributed by atoms with Crippen molar-refractivity contribution in [1.82, 2.24) is 14.8 Å². The Balaban J connectivity index is 2.40. The minimum Gasteiger partial charge on any atom is -0.463 e. The SMILES string of the molecule is CC(=O)Nc1cnn([C@H]2O[C@H](COC(C)=O)[C@@H](OC(C)=O)[C@H]2OC(C)=O)c(=O)n1. The summed E-state index contributed by atoms with van der Waals surface area (Å²) in [7, 11) is 0. The molecule has 2 heterocycles. The molecule has 29 heavy (non-hydrogen) atoms. The molecule has 0 spiro atoms. The largest absolute Gasteiger partial charge is 0.463 e. The van der Waals surface area contributed by atoms with E-state index in [0.29, 0.717) is 0 Å². The first-order valence-electron chi connectivity index (χ1n) is 8.45. The third-order valence-corrected chi connectivity index (χ3v) is 3.60. The third-order valence-electron chi connectivity index (χ3n) is 3.60. The van der Waals surface area contributed by atoms with Gasteiger partial charge in [-0.05, 0) is 0 Å². The molecule has 1 saturated heterocycles. The number of carbonyl (C=O) groups excluding carboxylic acids is 4. The van der Waals surface area contributed by atoms with E-state index < -0.39 is 54.0 Å². The van der Waals surface area contributed by atoms with Gasteiger partial charge in [0.1, 0.15) is 12.7 Å². The van der Waals surface area contributed by atoms with Crippen molar-refractivity contribution in [2.24, 2.45) is 0 Å². The van der Waals surface area contributed by atoms with Gasteiger partial charge in [-0.15, -0.1) is 0 Å². The van der Waals surface area contributed by atoms with Gasteiger partial charge in [0.2, 0.25) is 5.91 Å². The lowest BCUT2D eigenvalue weighted by atomic mass is 10.1. The molecule has 158 valence electrons. The van der Waals surface area contributed by atoms with Gasteiger partial charge in [-0.2, -0.15) is 14.8 Å². The predicted octanol–water partition coefficient (Wildman–Crippen LogP) is -1.08. The molecule has 2 rings (SSSR count).